The van der Waals surface area contributed by atoms with E-state index in [9.17, 15) is 17.9 Å². The fourth-order valence-electron chi connectivity index (χ4n) is 1.00. The Morgan fingerprint density at radius 2 is 2.19 bits per heavy atom. The van der Waals surface area contributed by atoms with Gasteiger partial charge in [0.1, 0.15) is 11.6 Å². The van der Waals surface area contributed by atoms with Crippen LogP contribution in [0.25, 0.3) is 0 Å². The maximum absolute atomic E-state index is 12.6. The Kier molecular flexibility index (Phi) is 4.08. The molecule has 0 fully saturated rings. The monoisotopic (exact) mass is 249 g/mol. The standard InChI is InChI=1S/C9H12FNO4S/c1-15-4-5-16(13,14)11-8-3-2-7(10)6-9(8)12/h2-3,6,11-12H,4-5H2,1H3. The van der Waals surface area contributed by atoms with Gasteiger partial charge in [0.05, 0.1) is 18.0 Å². The molecule has 0 amide bonds. The van der Waals surface area contributed by atoms with Crippen molar-refractivity contribution in [3.05, 3.63) is 24.0 Å². The molecule has 1 rings (SSSR count). The van der Waals surface area contributed by atoms with Crippen LogP contribution in [0, 0.1) is 5.82 Å². The Morgan fingerprint density at radius 1 is 1.50 bits per heavy atom. The second-order valence-electron chi connectivity index (χ2n) is 3.08. The van der Waals surface area contributed by atoms with Gasteiger partial charge in [0.25, 0.3) is 0 Å². The van der Waals surface area contributed by atoms with Crippen LogP contribution >= 0.6 is 0 Å². The SMILES string of the molecule is COCCS(=O)(=O)Nc1ccc(F)cc1O. The number of phenols is 1. The topological polar surface area (TPSA) is 75.6 Å². The molecule has 2 N–H and O–H groups in total. The largest absolute Gasteiger partial charge is 0.506 e. The van der Waals surface area contributed by atoms with Gasteiger partial charge in [-0.25, -0.2) is 12.8 Å². The molecular weight excluding hydrogens is 237 g/mol. The average Bonchev–Trinajstić information content (AvgIpc) is 2.19. The van der Waals surface area contributed by atoms with Gasteiger partial charge in [0, 0.05) is 13.2 Å². The summed E-state index contributed by atoms with van der Waals surface area (Å²) in [5.41, 5.74) is -0.0579. The zero-order chi connectivity index (χ0) is 12.2. The molecule has 90 valence electrons. The van der Waals surface area contributed by atoms with Gasteiger partial charge in [-0.05, 0) is 12.1 Å². The smallest absolute Gasteiger partial charge is 0.235 e. The molecule has 0 heterocycles. The Labute approximate surface area is 92.9 Å². The molecule has 0 saturated heterocycles. The average molecular weight is 249 g/mol. The number of ether oxygens (including phenoxy) is 1. The molecule has 0 aliphatic rings. The minimum atomic E-state index is -3.59. The maximum atomic E-state index is 12.6. The molecular formula is C9H12FNO4S. The van der Waals surface area contributed by atoms with Gasteiger partial charge in [-0.2, -0.15) is 0 Å². The Hall–Kier alpha value is -1.34. The van der Waals surface area contributed by atoms with Gasteiger partial charge in [-0.3, -0.25) is 4.72 Å². The summed E-state index contributed by atoms with van der Waals surface area (Å²) in [6.07, 6.45) is 0. The zero-order valence-electron chi connectivity index (χ0n) is 8.60. The molecule has 0 aromatic heterocycles. The predicted molar refractivity (Wildman–Crippen MR) is 57.4 cm³/mol. The highest BCUT2D eigenvalue weighted by Crippen LogP contribution is 2.24. The first kappa shape index (κ1) is 12.7. The third-order valence-electron chi connectivity index (χ3n) is 1.78. The van der Waals surface area contributed by atoms with Crippen molar-refractivity contribution in [3.63, 3.8) is 0 Å². The van der Waals surface area contributed by atoms with Gasteiger partial charge >= 0.3 is 0 Å². The highest BCUT2D eigenvalue weighted by atomic mass is 32.2. The minimum absolute atomic E-state index is 0.0390. The fraction of sp³-hybridized carbons (Fsp3) is 0.333. The number of aromatic hydroxyl groups is 1. The summed E-state index contributed by atoms with van der Waals surface area (Å²) in [6.45, 7) is 0.0390. The number of hydrogen-bond acceptors (Lipinski definition) is 4. The number of rotatable bonds is 5. The van der Waals surface area contributed by atoms with Crippen molar-refractivity contribution < 1.29 is 22.7 Å². The van der Waals surface area contributed by atoms with Crippen molar-refractivity contribution in [1.29, 1.82) is 0 Å². The number of phenolic OH excluding ortho intramolecular Hbond substituents is 1. The lowest BCUT2D eigenvalue weighted by atomic mass is 10.3. The number of benzene rings is 1. The van der Waals surface area contributed by atoms with Crippen LogP contribution in [0.5, 0.6) is 5.75 Å². The quantitative estimate of drug-likeness (QED) is 0.761. The summed E-state index contributed by atoms with van der Waals surface area (Å²) in [5, 5.41) is 9.28. The van der Waals surface area contributed by atoms with E-state index in [-0.39, 0.29) is 18.0 Å². The second-order valence-corrected chi connectivity index (χ2v) is 4.92. The zero-order valence-corrected chi connectivity index (χ0v) is 9.42. The molecule has 1 aromatic carbocycles. The third-order valence-corrected chi connectivity index (χ3v) is 3.02. The summed E-state index contributed by atoms with van der Waals surface area (Å²) in [6, 6.07) is 3.02. The fourth-order valence-corrected chi connectivity index (χ4v) is 2.00. The molecule has 0 aliphatic carbocycles. The van der Waals surface area contributed by atoms with Crippen LogP contribution in [0.1, 0.15) is 0 Å². The van der Waals surface area contributed by atoms with Gasteiger partial charge < -0.3 is 9.84 Å². The Bertz CT molecular complexity index is 461. The van der Waals surface area contributed by atoms with E-state index in [1.807, 2.05) is 0 Å². The molecule has 1 aromatic rings. The lowest BCUT2D eigenvalue weighted by Gasteiger charge is -2.08. The normalized spacial score (nSPS) is 11.4. The summed E-state index contributed by atoms with van der Waals surface area (Å²) in [4.78, 5) is 0. The van der Waals surface area contributed by atoms with Crippen LogP contribution in [-0.2, 0) is 14.8 Å². The van der Waals surface area contributed by atoms with Crippen LogP contribution in [0.3, 0.4) is 0 Å². The number of methoxy groups -OCH3 is 1. The van der Waals surface area contributed by atoms with Crippen LogP contribution in [0.4, 0.5) is 10.1 Å². The molecule has 0 atom stereocenters. The third kappa shape index (κ3) is 3.67. The lowest BCUT2D eigenvalue weighted by Crippen LogP contribution is -2.19. The molecule has 16 heavy (non-hydrogen) atoms. The van der Waals surface area contributed by atoms with Crippen molar-refractivity contribution in [3.8, 4) is 5.75 Å². The van der Waals surface area contributed by atoms with Crippen molar-refractivity contribution in [2.75, 3.05) is 24.2 Å². The van der Waals surface area contributed by atoms with Crippen LogP contribution in [0.2, 0.25) is 0 Å². The first-order chi connectivity index (χ1) is 7.44. The van der Waals surface area contributed by atoms with Crippen molar-refractivity contribution in [2.45, 2.75) is 0 Å². The van der Waals surface area contributed by atoms with E-state index in [0.29, 0.717) is 0 Å². The van der Waals surface area contributed by atoms with Crippen LogP contribution < -0.4 is 4.72 Å². The van der Waals surface area contributed by atoms with E-state index in [2.05, 4.69) is 9.46 Å². The first-order valence-electron chi connectivity index (χ1n) is 4.42. The number of sulfonamides is 1. The van der Waals surface area contributed by atoms with E-state index in [1.54, 1.807) is 0 Å². The van der Waals surface area contributed by atoms with E-state index >= 15 is 0 Å². The maximum Gasteiger partial charge on any atom is 0.235 e. The van der Waals surface area contributed by atoms with E-state index in [1.165, 1.54) is 7.11 Å². The van der Waals surface area contributed by atoms with Crippen molar-refractivity contribution in [1.82, 2.24) is 0 Å². The van der Waals surface area contributed by atoms with Gasteiger partial charge in [0.15, 0.2) is 0 Å². The lowest BCUT2D eigenvalue weighted by molar-refractivity contribution is 0.217. The molecule has 5 nitrogen and oxygen atoms in total. The molecule has 0 unspecified atom stereocenters. The van der Waals surface area contributed by atoms with Gasteiger partial charge in [-0.15, -0.1) is 0 Å². The highest BCUT2D eigenvalue weighted by Gasteiger charge is 2.12. The second kappa shape index (κ2) is 5.13. The van der Waals surface area contributed by atoms with Crippen LogP contribution in [-0.4, -0.2) is 33.0 Å². The van der Waals surface area contributed by atoms with Crippen molar-refractivity contribution in [2.24, 2.45) is 0 Å². The summed E-state index contributed by atoms with van der Waals surface area (Å²) < 4.78 is 42.2. The number of anilines is 1. The van der Waals surface area contributed by atoms with Crippen molar-refractivity contribution >= 4 is 15.7 Å². The number of hydrogen-bond donors (Lipinski definition) is 2. The summed E-state index contributed by atoms with van der Waals surface area (Å²) in [7, 11) is -2.21. The summed E-state index contributed by atoms with van der Waals surface area (Å²) in [5.74, 6) is -1.33. The first-order valence-corrected chi connectivity index (χ1v) is 6.08. The molecule has 0 spiro atoms. The van der Waals surface area contributed by atoms with E-state index in [0.717, 1.165) is 18.2 Å². The predicted octanol–water partition coefficient (Wildman–Crippen LogP) is 0.919. The van der Waals surface area contributed by atoms with E-state index in [4.69, 9.17) is 0 Å². The number of nitrogens with one attached hydrogen (secondary N) is 1. The molecule has 0 saturated carbocycles. The molecule has 0 bridgehead atoms. The van der Waals surface area contributed by atoms with Gasteiger partial charge in [-0.1, -0.05) is 0 Å². The van der Waals surface area contributed by atoms with Gasteiger partial charge in [0.2, 0.25) is 10.0 Å². The van der Waals surface area contributed by atoms with E-state index < -0.39 is 21.6 Å². The highest BCUT2D eigenvalue weighted by molar-refractivity contribution is 7.92. The number of halogens is 1. The molecule has 7 heteroatoms. The Morgan fingerprint density at radius 3 is 2.75 bits per heavy atom. The summed E-state index contributed by atoms with van der Waals surface area (Å²) >= 11 is 0. The molecule has 0 radical (unpaired) electrons. The molecule has 0 aliphatic heterocycles. The van der Waals surface area contributed by atoms with Crippen LogP contribution in [0.15, 0.2) is 18.2 Å². The Balaban J connectivity index is 2.80. The minimum Gasteiger partial charge on any atom is -0.506 e.